The first-order valence-corrected chi connectivity index (χ1v) is 10.2. The predicted octanol–water partition coefficient (Wildman–Crippen LogP) is 4.66. The van der Waals surface area contributed by atoms with Gasteiger partial charge in [0.15, 0.2) is 5.76 Å². The zero-order valence-corrected chi connectivity index (χ0v) is 16.4. The Balaban J connectivity index is 1.29. The number of amides is 1. The first kappa shape index (κ1) is 17.9. The lowest BCUT2D eigenvalue weighted by Gasteiger charge is -2.34. The van der Waals surface area contributed by atoms with Crippen molar-refractivity contribution in [2.45, 2.75) is 0 Å². The lowest BCUT2D eigenvalue weighted by molar-refractivity contribution is 0.0715. The van der Waals surface area contributed by atoms with E-state index in [1.54, 1.807) is 35.2 Å². The van der Waals surface area contributed by atoms with Crippen LogP contribution in [0.3, 0.4) is 0 Å². The third kappa shape index (κ3) is 3.27. The van der Waals surface area contributed by atoms with Crippen LogP contribution in [0.1, 0.15) is 10.6 Å². The molecule has 7 heteroatoms. The molecule has 4 aromatic rings. The molecule has 0 spiro atoms. The number of furan rings is 1. The summed E-state index contributed by atoms with van der Waals surface area (Å²) in [6.07, 6.45) is 0. The monoisotopic (exact) mass is 407 g/mol. The van der Waals surface area contributed by atoms with Crippen molar-refractivity contribution in [2.24, 2.45) is 0 Å². The van der Waals surface area contributed by atoms with Gasteiger partial charge in [-0.05, 0) is 47.9 Å². The van der Waals surface area contributed by atoms with Gasteiger partial charge in [0.2, 0.25) is 0 Å². The maximum atomic E-state index is 14.0. The van der Waals surface area contributed by atoms with Crippen LogP contribution in [0.5, 0.6) is 0 Å². The Kier molecular flexibility index (Phi) is 4.52. The molecule has 1 amide bonds. The topological polar surface area (TPSA) is 49.6 Å². The normalized spacial score (nSPS) is 14.5. The molecule has 0 bridgehead atoms. The first-order chi connectivity index (χ1) is 14.2. The Hall–Kier alpha value is -3.19. The second-order valence-corrected chi connectivity index (χ2v) is 7.73. The van der Waals surface area contributed by atoms with Gasteiger partial charge in [0, 0.05) is 31.6 Å². The second kappa shape index (κ2) is 7.33. The van der Waals surface area contributed by atoms with Crippen molar-refractivity contribution in [3.63, 3.8) is 0 Å². The quantitative estimate of drug-likeness (QED) is 0.496. The molecule has 0 N–H and O–H groups in total. The van der Waals surface area contributed by atoms with Gasteiger partial charge < -0.3 is 14.2 Å². The Bertz CT molecular complexity index is 1180. The first-order valence-electron chi connectivity index (χ1n) is 9.44. The minimum atomic E-state index is -0.370. The van der Waals surface area contributed by atoms with Crippen molar-refractivity contribution in [3.8, 4) is 11.3 Å². The van der Waals surface area contributed by atoms with Gasteiger partial charge in [0.1, 0.15) is 17.4 Å². The number of aromatic nitrogens is 1. The van der Waals surface area contributed by atoms with Crippen molar-refractivity contribution in [1.29, 1.82) is 0 Å². The summed E-state index contributed by atoms with van der Waals surface area (Å²) in [6.45, 7) is 2.58. The highest BCUT2D eigenvalue weighted by Gasteiger charge is 2.26. The number of rotatable bonds is 3. The number of carbonyl (C=O) groups is 1. The number of hydrogen-bond donors (Lipinski definition) is 0. The van der Waals surface area contributed by atoms with Gasteiger partial charge in [-0.2, -0.15) is 4.37 Å². The van der Waals surface area contributed by atoms with E-state index in [1.807, 2.05) is 12.1 Å². The van der Waals surface area contributed by atoms with Crippen molar-refractivity contribution in [1.82, 2.24) is 9.27 Å². The molecule has 29 heavy (non-hydrogen) atoms. The molecule has 3 heterocycles. The molecular formula is C22H18FN3O2S. The zero-order chi connectivity index (χ0) is 19.8. The smallest absolute Gasteiger partial charge is 0.289 e. The fourth-order valence-electron chi connectivity index (χ4n) is 3.64. The van der Waals surface area contributed by atoms with Crippen LogP contribution in [0.4, 0.5) is 10.2 Å². The van der Waals surface area contributed by atoms with E-state index in [9.17, 15) is 9.18 Å². The molecule has 2 aromatic carbocycles. The zero-order valence-electron chi connectivity index (χ0n) is 15.5. The van der Waals surface area contributed by atoms with Gasteiger partial charge in [-0.15, -0.1) is 0 Å². The molecule has 5 rings (SSSR count). The maximum Gasteiger partial charge on any atom is 0.289 e. The second-order valence-electron chi connectivity index (χ2n) is 6.93. The van der Waals surface area contributed by atoms with Crippen molar-refractivity contribution in [2.75, 3.05) is 31.1 Å². The van der Waals surface area contributed by atoms with Crippen LogP contribution in [0, 0.1) is 5.82 Å². The van der Waals surface area contributed by atoms with Crippen LogP contribution in [-0.2, 0) is 0 Å². The molecule has 0 radical (unpaired) electrons. The van der Waals surface area contributed by atoms with Crippen LogP contribution in [0.15, 0.2) is 65.1 Å². The summed E-state index contributed by atoms with van der Waals surface area (Å²) in [5.41, 5.74) is 0.353. The van der Waals surface area contributed by atoms with E-state index < -0.39 is 0 Å². The van der Waals surface area contributed by atoms with Gasteiger partial charge in [0.25, 0.3) is 5.91 Å². The molecule has 0 saturated carbocycles. The summed E-state index contributed by atoms with van der Waals surface area (Å²) in [5, 5.41) is 1.15. The number of hydrogen-bond acceptors (Lipinski definition) is 5. The van der Waals surface area contributed by atoms with E-state index in [1.165, 1.54) is 17.6 Å². The number of benzene rings is 2. The van der Waals surface area contributed by atoms with Crippen molar-refractivity contribution in [3.05, 3.63) is 72.2 Å². The van der Waals surface area contributed by atoms with Gasteiger partial charge in [-0.25, -0.2) is 4.39 Å². The molecule has 1 aliphatic heterocycles. The number of halogens is 1. The van der Waals surface area contributed by atoms with Crippen LogP contribution < -0.4 is 4.90 Å². The van der Waals surface area contributed by atoms with E-state index in [0.29, 0.717) is 37.5 Å². The summed E-state index contributed by atoms with van der Waals surface area (Å²) in [4.78, 5) is 16.8. The van der Waals surface area contributed by atoms with Crippen LogP contribution in [0.25, 0.3) is 21.4 Å². The Morgan fingerprint density at radius 3 is 2.55 bits per heavy atom. The van der Waals surface area contributed by atoms with E-state index in [2.05, 4.69) is 21.4 Å². The van der Waals surface area contributed by atoms with E-state index >= 15 is 0 Å². The lowest BCUT2D eigenvalue weighted by Crippen LogP contribution is -2.48. The van der Waals surface area contributed by atoms with Gasteiger partial charge in [0.05, 0.1) is 10.3 Å². The summed E-state index contributed by atoms with van der Waals surface area (Å²) in [7, 11) is 0. The summed E-state index contributed by atoms with van der Waals surface area (Å²) in [6, 6.07) is 17.8. The highest BCUT2D eigenvalue weighted by Crippen LogP contribution is 2.30. The SMILES string of the molecule is O=C(c1ccc(-c2ccccc2F)o1)N1CCN(c2nsc3ccccc23)CC1. The minimum absolute atomic E-state index is 0.171. The fraction of sp³-hybridized carbons (Fsp3) is 0.182. The Labute approximate surface area is 171 Å². The average Bonchev–Trinajstić information content (AvgIpc) is 3.41. The number of piperazine rings is 1. The van der Waals surface area contributed by atoms with Crippen molar-refractivity contribution >= 4 is 33.3 Å². The van der Waals surface area contributed by atoms with E-state index in [4.69, 9.17) is 4.42 Å². The van der Waals surface area contributed by atoms with Crippen LogP contribution in [0.2, 0.25) is 0 Å². The largest absolute Gasteiger partial charge is 0.451 e. The standard InChI is InChI=1S/C22H18FN3O2S/c23-17-7-3-1-5-15(17)18-9-10-19(28-18)22(27)26-13-11-25(12-14-26)21-16-6-2-4-8-20(16)29-24-21/h1-10H,11-14H2. The third-order valence-corrected chi connectivity index (χ3v) is 6.00. The van der Waals surface area contributed by atoms with Gasteiger partial charge in [-0.1, -0.05) is 24.3 Å². The number of nitrogens with zero attached hydrogens (tertiary/aromatic N) is 3. The molecule has 2 aromatic heterocycles. The van der Waals surface area contributed by atoms with Gasteiger partial charge >= 0.3 is 0 Å². The lowest BCUT2D eigenvalue weighted by atomic mass is 10.1. The predicted molar refractivity (Wildman–Crippen MR) is 112 cm³/mol. The van der Waals surface area contributed by atoms with E-state index in [0.717, 1.165) is 15.9 Å². The molecule has 0 aliphatic carbocycles. The van der Waals surface area contributed by atoms with Crippen LogP contribution in [-0.4, -0.2) is 41.4 Å². The molecule has 1 saturated heterocycles. The summed E-state index contributed by atoms with van der Waals surface area (Å²) in [5.74, 6) is 1.03. The fourth-order valence-corrected chi connectivity index (χ4v) is 4.43. The number of carbonyl (C=O) groups excluding carboxylic acids is 1. The average molecular weight is 407 g/mol. The van der Waals surface area contributed by atoms with Gasteiger partial charge in [-0.3, -0.25) is 4.79 Å². The third-order valence-electron chi connectivity index (χ3n) is 5.18. The molecule has 5 nitrogen and oxygen atoms in total. The molecule has 0 unspecified atom stereocenters. The molecule has 0 atom stereocenters. The maximum absolute atomic E-state index is 14.0. The Morgan fingerprint density at radius 1 is 0.966 bits per heavy atom. The van der Waals surface area contributed by atoms with Crippen LogP contribution >= 0.6 is 11.5 Å². The molecule has 1 fully saturated rings. The Morgan fingerprint density at radius 2 is 1.72 bits per heavy atom. The molecule has 146 valence electrons. The minimum Gasteiger partial charge on any atom is -0.451 e. The molecular weight excluding hydrogens is 389 g/mol. The highest BCUT2D eigenvalue weighted by atomic mass is 32.1. The van der Waals surface area contributed by atoms with E-state index in [-0.39, 0.29) is 17.5 Å². The summed E-state index contributed by atoms with van der Waals surface area (Å²) < 4.78 is 25.4. The number of anilines is 1. The van der Waals surface area contributed by atoms with Crippen molar-refractivity contribution < 1.29 is 13.6 Å². The highest BCUT2D eigenvalue weighted by molar-refractivity contribution is 7.13. The summed E-state index contributed by atoms with van der Waals surface area (Å²) >= 11 is 1.50. The number of fused-ring (bicyclic) bond motifs is 1. The molecule has 1 aliphatic rings.